The molecule has 0 atom stereocenters. The van der Waals surface area contributed by atoms with Gasteiger partial charge in [-0.2, -0.15) is 10.4 Å². The molecule has 0 amide bonds. The SMILES string of the molecule is CN(C)SNC1CCC(c2[nH]nc(-c3cccc(F)c3)c2C#N)CC1.N. The molecule has 6 nitrogen and oxygen atoms in total. The molecule has 0 spiro atoms. The monoisotopic (exact) mass is 376 g/mol. The van der Waals surface area contributed by atoms with E-state index < -0.39 is 0 Å². The number of aromatic nitrogens is 2. The summed E-state index contributed by atoms with van der Waals surface area (Å²) in [6.45, 7) is 0. The van der Waals surface area contributed by atoms with E-state index in [1.54, 1.807) is 24.3 Å². The Morgan fingerprint density at radius 2 is 2.04 bits per heavy atom. The highest BCUT2D eigenvalue weighted by atomic mass is 32.2. The Morgan fingerprint density at radius 3 is 2.65 bits per heavy atom. The quantitative estimate of drug-likeness (QED) is 0.682. The number of hydrogen-bond acceptors (Lipinski definition) is 6. The van der Waals surface area contributed by atoms with E-state index in [0.29, 0.717) is 28.8 Å². The maximum absolute atomic E-state index is 13.5. The van der Waals surface area contributed by atoms with Gasteiger partial charge in [0.05, 0.1) is 5.69 Å². The summed E-state index contributed by atoms with van der Waals surface area (Å²) in [7, 11) is 4.03. The predicted molar refractivity (Wildman–Crippen MR) is 103 cm³/mol. The first-order valence-corrected chi connectivity index (χ1v) is 9.20. The maximum atomic E-state index is 13.5. The van der Waals surface area contributed by atoms with Crippen molar-refractivity contribution in [2.45, 2.75) is 37.6 Å². The van der Waals surface area contributed by atoms with E-state index in [1.165, 1.54) is 12.1 Å². The summed E-state index contributed by atoms with van der Waals surface area (Å²) in [6, 6.07) is 8.98. The van der Waals surface area contributed by atoms with Crippen LogP contribution in [0.1, 0.15) is 42.9 Å². The van der Waals surface area contributed by atoms with Crippen molar-refractivity contribution in [3.8, 4) is 17.3 Å². The Bertz CT molecular complexity index is 761. The standard InChI is InChI=1S/C18H22FN5S.H3N/c1-24(2)25-23-15-8-6-12(7-9-15)17-16(11-20)18(22-21-17)13-4-3-5-14(19)10-13;/h3-5,10,12,15,23H,6-9H2,1-2H3,(H,21,22);1H3. The number of hydrogen-bond donors (Lipinski definition) is 3. The Hall–Kier alpha value is -1.92. The molecule has 2 aromatic rings. The van der Waals surface area contributed by atoms with Crippen molar-refractivity contribution >= 4 is 12.1 Å². The first-order valence-electron chi connectivity index (χ1n) is 8.42. The number of nitrogens with zero attached hydrogens (tertiary/aromatic N) is 3. The molecular formula is C18H25FN6S. The maximum Gasteiger partial charge on any atom is 0.123 e. The van der Waals surface area contributed by atoms with Crippen molar-refractivity contribution in [1.29, 1.82) is 5.26 Å². The minimum absolute atomic E-state index is 0. The second kappa shape index (κ2) is 9.14. The molecule has 1 aliphatic rings. The fraction of sp³-hybridized carbons (Fsp3) is 0.444. The van der Waals surface area contributed by atoms with Gasteiger partial charge in [-0.05, 0) is 51.9 Å². The van der Waals surface area contributed by atoms with Crippen molar-refractivity contribution in [3.63, 3.8) is 0 Å². The molecule has 0 radical (unpaired) electrons. The fourth-order valence-corrected chi connectivity index (χ4v) is 3.88. The third-order valence-electron chi connectivity index (χ3n) is 4.54. The zero-order valence-electron chi connectivity index (χ0n) is 15.1. The van der Waals surface area contributed by atoms with Crippen LogP contribution in [0.25, 0.3) is 11.3 Å². The molecule has 1 aromatic carbocycles. The van der Waals surface area contributed by atoms with Gasteiger partial charge in [-0.15, -0.1) is 0 Å². The normalized spacial score (nSPS) is 19.8. The molecule has 1 aromatic heterocycles. The number of benzene rings is 1. The van der Waals surface area contributed by atoms with Crippen molar-refractivity contribution in [1.82, 2.24) is 25.4 Å². The summed E-state index contributed by atoms with van der Waals surface area (Å²) in [4.78, 5) is 0. The average Bonchev–Trinajstić information content (AvgIpc) is 3.04. The van der Waals surface area contributed by atoms with E-state index in [2.05, 4.69) is 21.0 Å². The van der Waals surface area contributed by atoms with E-state index in [4.69, 9.17) is 0 Å². The van der Waals surface area contributed by atoms with Gasteiger partial charge in [0.15, 0.2) is 0 Å². The molecule has 1 aliphatic carbocycles. The zero-order chi connectivity index (χ0) is 17.8. The highest BCUT2D eigenvalue weighted by molar-refractivity contribution is 7.95. The zero-order valence-corrected chi connectivity index (χ0v) is 15.9. The van der Waals surface area contributed by atoms with E-state index >= 15 is 0 Å². The van der Waals surface area contributed by atoms with Crippen molar-refractivity contribution in [2.75, 3.05) is 14.1 Å². The van der Waals surface area contributed by atoms with Gasteiger partial charge in [0.2, 0.25) is 0 Å². The molecule has 1 saturated carbocycles. The fourth-order valence-electron chi connectivity index (χ4n) is 3.29. The molecule has 0 saturated heterocycles. The lowest BCUT2D eigenvalue weighted by Gasteiger charge is -2.29. The van der Waals surface area contributed by atoms with E-state index in [-0.39, 0.29) is 12.0 Å². The molecule has 0 bridgehead atoms. The summed E-state index contributed by atoms with van der Waals surface area (Å²) < 4.78 is 19.0. The smallest absolute Gasteiger partial charge is 0.123 e. The number of H-pyrrole nitrogens is 1. The van der Waals surface area contributed by atoms with E-state index in [0.717, 1.165) is 31.4 Å². The van der Waals surface area contributed by atoms with Crippen LogP contribution >= 0.6 is 12.1 Å². The van der Waals surface area contributed by atoms with Crippen molar-refractivity contribution in [3.05, 3.63) is 41.3 Å². The molecule has 0 unspecified atom stereocenters. The van der Waals surface area contributed by atoms with Crippen LogP contribution in [0.3, 0.4) is 0 Å². The lowest BCUT2D eigenvalue weighted by molar-refractivity contribution is 0.374. The Labute approximate surface area is 158 Å². The van der Waals surface area contributed by atoms with Crippen molar-refractivity contribution < 1.29 is 4.39 Å². The van der Waals surface area contributed by atoms with Gasteiger partial charge in [0.25, 0.3) is 0 Å². The Balaban J connectivity index is 0.00000243. The second-order valence-electron chi connectivity index (χ2n) is 6.55. The summed E-state index contributed by atoms with van der Waals surface area (Å²) in [5.41, 5.74) is 2.61. The van der Waals surface area contributed by atoms with Crippen LogP contribution in [-0.2, 0) is 0 Å². The van der Waals surface area contributed by atoms with Crippen LogP contribution in [0, 0.1) is 17.1 Å². The number of halogens is 1. The molecule has 5 N–H and O–H groups in total. The Morgan fingerprint density at radius 1 is 1.31 bits per heavy atom. The van der Waals surface area contributed by atoms with E-state index in [9.17, 15) is 9.65 Å². The van der Waals surface area contributed by atoms with Crippen molar-refractivity contribution in [2.24, 2.45) is 0 Å². The van der Waals surface area contributed by atoms with E-state index in [1.807, 2.05) is 18.4 Å². The van der Waals surface area contributed by atoms with Crippen LogP contribution in [0.5, 0.6) is 0 Å². The Kier molecular flexibility index (Phi) is 7.17. The largest absolute Gasteiger partial charge is 0.344 e. The first-order chi connectivity index (χ1) is 12.1. The number of aromatic amines is 1. The van der Waals surface area contributed by atoms with Gasteiger partial charge in [-0.3, -0.25) is 5.10 Å². The number of nitrogens with one attached hydrogen (secondary N) is 2. The third-order valence-corrected chi connectivity index (χ3v) is 5.35. The highest BCUT2D eigenvalue weighted by Gasteiger charge is 2.27. The van der Waals surface area contributed by atoms with Crippen LogP contribution in [-0.4, -0.2) is 34.6 Å². The van der Waals surface area contributed by atoms with Gasteiger partial charge in [0, 0.05) is 29.7 Å². The number of nitriles is 1. The summed E-state index contributed by atoms with van der Waals surface area (Å²) in [5, 5.41) is 17.0. The topological polar surface area (TPSA) is 103 Å². The molecule has 26 heavy (non-hydrogen) atoms. The van der Waals surface area contributed by atoms with Gasteiger partial charge in [-0.25, -0.2) is 13.4 Å². The molecular weight excluding hydrogens is 351 g/mol. The molecule has 8 heteroatoms. The summed E-state index contributed by atoms with van der Waals surface area (Å²) in [6.07, 6.45) is 4.13. The van der Waals surface area contributed by atoms with Gasteiger partial charge < -0.3 is 6.15 Å². The average molecular weight is 377 g/mol. The summed E-state index contributed by atoms with van der Waals surface area (Å²) in [5.74, 6) is -0.0252. The molecule has 0 aliphatic heterocycles. The lowest BCUT2D eigenvalue weighted by Crippen LogP contribution is -2.30. The van der Waals surface area contributed by atoms with Crippen LogP contribution in [0.15, 0.2) is 24.3 Å². The predicted octanol–water partition coefficient (Wildman–Crippen LogP) is 3.99. The molecule has 3 rings (SSSR count). The minimum Gasteiger partial charge on any atom is -0.344 e. The first kappa shape index (κ1) is 20.4. The third kappa shape index (κ3) is 4.62. The van der Waals surface area contributed by atoms with Crippen LogP contribution < -0.4 is 10.9 Å². The van der Waals surface area contributed by atoms with Crippen LogP contribution in [0.4, 0.5) is 4.39 Å². The lowest BCUT2D eigenvalue weighted by atomic mass is 9.83. The summed E-state index contributed by atoms with van der Waals surface area (Å²) >= 11 is 1.62. The minimum atomic E-state index is -0.323. The van der Waals surface area contributed by atoms with Gasteiger partial charge >= 0.3 is 0 Å². The molecule has 1 heterocycles. The highest BCUT2D eigenvalue weighted by Crippen LogP contribution is 2.36. The van der Waals surface area contributed by atoms with Crippen LogP contribution in [0.2, 0.25) is 0 Å². The van der Waals surface area contributed by atoms with Gasteiger partial charge in [0.1, 0.15) is 23.1 Å². The molecule has 140 valence electrons. The van der Waals surface area contributed by atoms with Gasteiger partial charge in [-0.1, -0.05) is 12.1 Å². The second-order valence-corrected chi connectivity index (χ2v) is 7.70. The number of rotatable bonds is 5. The molecule has 1 fully saturated rings.